The maximum absolute atomic E-state index is 11.1. The van der Waals surface area contributed by atoms with Gasteiger partial charge in [0.2, 0.25) is 5.88 Å². The molecule has 1 heterocycles. The number of nitrogens with zero attached hydrogens (tertiary/aromatic N) is 1. The number of benzene rings is 2. The van der Waals surface area contributed by atoms with E-state index in [9.17, 15) is 9.90 Å². The van der Waals surface area contributed by atoms with Crippen LogP contribution in [0.2, 0.25) is 0 Å². The fourth-order valence-electron chi connectivity index (χ4n) is 2.01. The van der Waals surface area contributed by atoms with Crippen molar-refractivity contribution in [2.45, 2.75) is 0 Å². The van der Waals surface area contributed by atoms with Gasteiger partial charge in [0.05, 0.1) is 11.8 Å². The Morgan fingerprint density at radius 1 is 0.895 bits per heavy atom. The molecule has 0 aliphatic heterocycles. The molecule has 2 N–H and O–H groups in total. The molecule has 0 spiro atoms. The Morgan fingerprint density at radius 3 is 2.11 bits per heavy atom. The lowest BCUT2D eigenvalue weighted by Gasteiger charge is -2.06. The van der Waals surface area contributed by atoms with Gasteiger partial charge in [-0.25, -0.2) is 4.68 Å². The molecule has 19 heavy (non-hydrogen) atoms. The van der Waals surface area contributed by atoms with Crippen molar-refractivity contribution in [1.29, 1.82) is 0 Å². The van der Waals surface area contributed by atoms with Gasteiger partial charge >= 0.3 is 0 Å². The van der Waals surface area contributed by atoms with Gasteiger partial charge in [0.15, 0.2) is 0 Å². The standard InChI is InChI=1S/C15H12N2O2/c18-14-10-15(19)17(16-14)13-8-6-12(7-9-13)11-4-2-1-3-5-11/h1-10,19H,(H,16,18). The predicted octanol–water partition coefficient (Wildman–Crippen LogP) is 2.54. The highest BCUT2D eigenvalue weighted by molar-refractivity contribution is 5.64. The number of hydrogen-bond acceptors (Lipinski definition) is 2. The third kappa shape index (κ3) is 2.15. The van der Waals surface area contributed by atoms with Gasteiger partial charge in [0, 0.05) is 0 Å². The van der Waals surface area contributed by atoms with Gasteiger partial charge in [-0.15, -0.1) is 0 Å². The highest BCUT2D eigenvalue weighted by Crippen LogP contribution is 2.21. The molecule has 0 aliphatic rings. The Kier molecular flexibility index (Phi) is 2.68. The van der Waals surface area contributed by atoms with Gasteiger partial charge in [-0.2, -0.15) is 0 Å². The van der Waals surface area contributed by atoms with E-state index in [1.54, 1.807) is 0 Å². The molecule has 0 atom stereocenters. The minimum atomic E-state index is -0.329. The van der Waals surface area contributed by atoms with Gasteiger partial charge < -0.3 is 5.11 Å². The quantitative estimate of drug-likeness (QED) is 0.736. The number of nitrogens with one attached hydrogen (secondary N) is 1. The molecule has 0 aliphatic carbocycles. The van der Waals surface area contributed by atoms with Crippen LogP contribution in [0.1, 0.15) is 0 Å². The molecule has 0 unspecified atom stereocenters. The third-order valence-electron chi connectivity index (χ3n) is 2.94. The topological polar surface area (TPSA) is 58.0 Å². The Hall–Kier alpha value is -2.75. The number of H-pyrrole nitrogens is 1. The third-order valence-corrected chi connectivity index (χ3v) is 2.94. The summed E-state index contributed by atoms with van der Waals surface area (Å²) in [5.74, 6) is -0.0996. The van der Waals surface area contributed by atoms with E-state index < -0.39 is 0 Å². The minimum absolute atomic E-state index is 0.0996. The van der Waals surface area contributed by atoms with E-state index in [-0.39, 0.29) is 11.4 Å². The van der Waals surface area contributed by atoms with Crippen molar-refractivity contribution in [3.05, 3.63) is 71.0 Å². The first-order valence-corrected chi connectivity index (χ1v) is 5.91. The van der Waals surface area contributed by atoms with Gasteiger partial charge in [-0.05, 0) is 23.3 Å². The molecule has 4 heteroatoms. The lowest BCUT2D eigenvalue weighted by Crippen LogP contribution is -2.03. The molecular formula is C15H12N2O2. The summed E-state index contributed by atoms with van der Waals surface area (Å²) in [5.41, 5.74) is 2.58. The van der Waals surface area contributed by atoms with Crippen molar-refractivity contribution in [3.63, 3.8) is 0 Å². The molecule has 0 radical (unpaired) electrons. The fourth-order valence-corrected chi connectivity index (χ4v) is 2.01. The summed E-state index contributed by atoms with van der Waals surface area (Å²) in [6.07, 6.45) is 0. The molecule has 0 saturated heterocycles. The van der Waals surface area contributed by atoms with E-state index in [1.165, 1.54) is 4.68 Å². The van der Waals surface area contributed by atoms with Crippen LogP contribution >= 0.6 is 0 Å². The van der Waals surface area contributed by atoms with Crippen LogP contribution in [0.4, 0.5) is 0 Å². The van der Waals surface area contributed by atoms with E-state index >= 15 is 0 Å². The fraction of sp³-hybridized carbons (Fsp3) is 0. The molecule has 0 bridgehead atoms. The second-order valence-corrected chi connectivity index (χ2v) is 4.23. The normalized spacial score (nSPS) is 10.5. The average Bonchev–Trinajstić information content (AvgIpc) is 2.79. The molecule has 2 aromatic carbocycles. The zero-order chi connectivity index (χ0) is 13.2. The predicted molar refractivity (Wildman–Crippen MR) is 73.5 cm³/mol. The summed E-state index contributed by atoms with van der Waals surface area (Å²) in [6, 6.07) is 18.7. The Bertz CT molecular complexity index is 740. The highest BCUT2D eigenvalue weighted by atomic mass is 16.3. The Labute approximate surface area is 109 Å². The second-order valence-electron chi connectivity index (χ2n) is 4.23. The first-order valence-electron chi connectivity index (χ1n) is 5.91. The van der Waals surface area contributed by atoms with E-state index in [4.69, 9.17) is 0 Å². The lowest BCUT2D eigenvalue weighted by molar-refractivity contribution is 0.433. The first-order chi connectivity index (χ1) is 9.24. The molecule has 3 aromatic rings. The molecule has 0 saturated carbocycles. The summed E-state index contributed by atoms with van der Waals surface area (Å²) < 4.78 is 1.34. The molecule has 4 nitrogen and oxygen atoms in total. The van der Waals surface area contributed by atoms with Gasteiger partial charge in [-0.1, -0.05) is 42.5 Å². The number of hydrogen-bond donors (Lipinski definition) is 2. The highest BCUT2D eigenvalue weighted by Gasteiger charge is 2.04. The molecule has 1 aromatic heterocycles. The van der Waals surface area contributed by atoms with Crippen LogP contribution in [-0.2, 0) is 0 Å². The van der Waals surface area contributed by atoms with Crippen LogP contribution in [0.25, 0.3) is 16.8 Å². The maximum Gasteiger partial charge on any atom is 0.268 e. The van der Waals surface area contributed by atoms with E-state index in [2.05, 4.69) is 5.10 Å². The van der Waals surface area contributed by atoms with Crippen LogP contribution in [-0.4, -0.2) is 14.9 Å². The number of rotatable bonds is 2. The monoisotopic (exact) mass is 252 g/mol. The van der Waals surface area contributed by atoms with Crippen molar-refractivity contribution < 1.29 is 5.11 Å². The van der Waals surface area contributed by atoms with Crippen LogP contribution in [0, 0.1) is 0 Å². The number of aromatic amines is 1. The Balaban J connectivity index is 2.00. The number of aromatic hydroxyl groups is 1. The van der Waals surface area contributed by atoms with E-state index in [1.807, 2.05) is 54.6 Å². The minimum Gasteiger partial charge on any atom is -0.493 e. The summed E-state index contributed by atoms with van der Waals surface area (Å²) in [7, 11) is 0. The van der Waals surface area contributed by atoms with Crippen LogP contribution in [0.3, 0.4) is 0 Å². The smallest absolute Gasteiger partial charge is 0.268 e. The summed E-state index contributed by atoms with van der Waals surface area (Å²) in [5, 5.41) is 12.1. The molecular weight excluding hydrogens is 240 g/mol. The van der Waals surface area contributed by atoms with Crippen LogP contribution in [0.5, 0.6) is 5.88 Å². The summed E-state index contributed by atoms with van der Waals surface area (Å²) in [6.45, 7) is 0. The first kappa shape index (κ1) is 11.3. The van der Waals surface area contributed by atoms with Crippen molar-refractivity contribution in [3.8, 4) is 22.7 Å². The van der Waals surface area contributed by atoms with Crippen molar-refractivity contribution >= 4 is 0 Å². The van der Waals surface area contributed by atoms with Crippen molar-refractivity contribution in [2.24, 2.45) is 0 Å². The van der Waals surface area contributed by atoms with E-state index in [0.29, 0.717) is 5.69 Å². The maximum atomic E-state index is 11.1. The molecule has 0 amide bonds. The van der Waals surface area contributed by atoms with Crippen molar-refractivity contribution in [2.75, 3.05) is 0 Å². The SMILES string of the molecule is O=c1cc(O)n(-c2ccc(-c3ccccc3)cc2)[nH]1. The zero-order valence-corrected chi connectivity index (χ0v) is 10.1. The number of aromatic nitrogens is 2. The lowest BCUT2D eigenvalue weighted by atomic mass is 10.1. The summed E-state index contributed by atoms with van der Waals surface area (Å²) >= 11 is 0. The van der Waals surface area contributed by atoms with Gasteiger partial charge in [-0.3, -0.25) is 9.89 Å². The summed E-state index contributed by atoms with van der Waals surface area (Å²) in [4.78, 5) is 11.1. The molecule has 3 rings (SSSR count). The Morgan fingerprint density at radius 2 is 1.53 bits per heavy atom. The van der Waals surface area contributed by atoms with Crippen molar-refractivity contribution in [1.82, 2.24) is 9.78 Å². The van der Waals surface area contributed by atoms with Gasteiger partial charge in [0.25, 0.3) is 5.56 Å². The van der Waals surface area contributed by atoms with E-state index in [0.717, 1.165) is 17.2 Å². The average molecular weight is 252 g/mol. The van der Waals surface area contributed by atoms with Crippen LogP contribution in [0.15, 0.2) is 65.5 Å². The zero-order valence-electron chi connectivity index (χ0n) is 10.1. The second kappa shape index (κ2) is 4.49. The molecule has 0 fully saturated rings. The van der Waals surface area contributed by atoms with Crippen LogP contribution < -0.4 is 5.56 Å². The largest absolute Gasteiger partial charge is 0.493 e. The molecule has 94 valence electrons. The van der Waals surface area contributed by atoms with Gasteiger partial charge in [0.1, 0.15) is 0 Å².